The maximum absolute atomic E-state index is 11.2. The average Bonchev–Trinajstić information content (AvgIpc) is 2.59. The molecule has 1 aromatic heterocycles. The van der Waals surface area contributed by atoms with Crippen LogP contribution >= 0.6 is 11.3 Å². The lowest BCUT2D eigenvalue weighted by molar-refractivity contribution is -0.0192. The molecule has 2 rings (SSSR count). The highest BCUT2D eigenvalue weighted by atomic mass is 32.1. The van der Waals surface area contributed by atoms with E-state index in [2.05, 4.69) is 0 Å². The number of thiophene rings is 1. The lowest BCUT2D eigenvalue weighted by Gasteiger charge is -1.96. The van der Waals surface area contributed by atoms with Crippen LogP contribution in [0.1, 0.15) is 9.67 Å². The fourth-order valence-corrected chi connectivity index (χ4v) is 2.25. The summed E-state index contributed by atoms with van der Waals surface area (Å²) in [5, 5.41) is 18.4. The topological polar surface area (TPSA) is 57.5 Å². The molecule has 1 aromatic carbocycles. The summed E-state index contributed by atoms with van der Waals surface area (Å²) in [5.74, 6) is -0.647. The molecule has 0 aliphatic rings. The van der Waals surface area contributed by atoms with Crippen LogP contribution in [0.5, 0.6) is 0 Å². The van der Waals surface area contributed by atoms with Gasteiger partial charge in [0.1, 0.15) is 0 Å². The molecule has 3 nitrogen and oxygen atoms in total. The molecule has 0 atom stereocenters. The quantitative estimate of drug-likeness (QED) is 0.579. The van der Waals surface area contributed by atoms with Crippen molar-refractivity contribution >= 4 is 27.2 Å². The fourth-order valence-electron chi connectivity index (χ4n) is 1.23. The first kappa shape index (κ1) is 9.33. The summed E-state index contributed by atoms with van der Waals surface area (Å²) in [5.41, 5.74) is 0. The Morgan fingerprint density at radius 2 is 2.00 bits per heavy atom. The number of Topliss-reactive ketones (excluding diaryl/α,β-unsaturated/α-hetero) is 1. The summed E-state index contributed by atoms with van der Waals surface area (Å²) in [4.78, 5) is 11.6. The Hall–Kier alpha value is -1.23. The van der Waals surface area contributed by atoms with Crippen molar-refractivity contribution in [3.8, 4) is 0 Å². The van der Waals surface area contributed by atoms with E-state index >= 15 is 0 Å². The number of benzene rings is 1. The third kappa shape index (κ3) is 1.55. The van der Waals surface area contributed by atoms with Crippen LogP contribution in [0.15, 0.2) is 30.3 Å². The van der Waals surface area contributed by atoms with Crippen molar-refractivity contribution in [1.82, 2.24) is 0 Å². The Kier molecular flexibility index (Phi) is 2.33. The normalized spacial score (nSPS) is 11.1. The summed E-state index contributed by atoms with van der Waals surface area (Å²) in [6.45, 7) is 0. The standard InChI is InChI=1S/C10H8O3S/c11-9(10(12)13)8-5-6-3-1-2-4-7(6)14-8/h1-5,10,12-13H. The Balaban J connectivity index is 2.50. The summed E-state index contributed by atoms with van der Waals surface area (Å²) in [6, 6.07) is 9.19. The van der Waals surface area contributed by atoms with Crippen molar-refractivity contribution in [2.45, 2.75) is 6.29 Å². The minimum atomic E-state index is -1.91. The van der Waals surface area contributed by atoms with E-state index in [1.165, 1.54) is 11.3 Å². The first-order chi connectivity index (χ1) is 6.68. The van der Waals surface area contributed by atoms with Crippen molar-refractivity contribution in [2.24, 2.45) is 0 Å². The van der Waals surface area contributed by atoms with E-state index in [1.807, 2.05) is 24.3 Å². The van der Waals surface area contributed by atoms with Crippen LogP contribution in [0.3, 0.4) is 0 Å². The number of carbonyl (C=O) groups excluding carboxylic acids is 1. The highest BCUT2D eigenvalue weighted by Crippen LogP contribution is 2.25. The van der Waals surface area contributed by atoms with Crippen molar-refractivity contribution in [3.63, 3.8) is 0 Å². The molecule has 2 N–H and O–H groups in total. The van der Waals surface area contributed by atoms with Crippen LogP contribution in [0, 0.1) is 0 Å². The van der Waals surface area contributed by atoms with E-state index in [0.717, 1.165) is 10.1 Å². The number of aliphatic hydroxyl groups is 2. The molecular weight excluding hydrogens is 200 g/mol. The molecule has 0 radical (unpaired) electrons. The molecule has 4 heteroatoms. The first-order valence-corrected chi connectivity index (χ1v) is 4.89. The molecule has 0 aliphatic heterocycles. The van der Waals surface area contributed by atoms with Gasteiger partial charge in [0, 0.05) is 4.70 Å². The van der Waals surface area contributed by atoms with Crippen molar-refractivity contribution in [1.29, 1.82) is 0 Å². The van der Waals surface area contributed by atoms with Gasteiger partial charge in [-0.2, -0.15) is 0 Å². The Labute approximate surface area is 84.2 Å². The third-order valence-corrected chi connectivity index (χ3v) is 3.03. The van der Waals surface area contributed by atoms with Crippen LogP contribution < -0.4 is 0 Å². The van der Waals surface area contributed by atoms with Gasteiger partial charge >= 0.3 is 0 Å². The lowest BCUT2D eigenvalue weighted by Crippen LogP contribution is -2.17. The summed E-state index contributed by atoms with van der Waals surface area (Å²) in [6.07, 6.45) is -1.91. The smallest absolute Gasteiger partial charge is 0.228 e. The van der Waals surface area contributed by atoms with Gasteiger partial charge in [0.2, 0.25) is 12.1 Å². The largest absolute Gasteiger partial charge is 0.362 e. The third-order valence-electron chi connectivity index (χ3n) is 1.90. The summed E-state index contributed by atoms with van der Waals surface area (Å²) >= 11 is 1.26. The zero-order chi connectivity index (χ0) is 10.1. The number of hydrogen-bond acceptors (Lipinski definition) is 4. The number of fused-ring (bicyclic) bond motifs is 1. The predicted molar refractivity (Wildman–Crippen MR) is 54.4 cm³/mol. The molecule has 2 aromatic rings. The van der Waals surface area contributed by atoms with E-state index in [4.69, 9.17) is 10.2 Å². The van der Waals surface area contributed by atoms with E-state index in [1.54, 1.807) is 6.07 Å². The van der Waals surface area contributed by atoms with E-state index < -0.39 is 12.1 Å². The predicted octanol–water partition coefficient (Wildman–Crippen LogP) is 1.39. The van der Waals surface area contributed by atoms with Crippen LogP contribution in [-0.4, -0.2) is 22.3 Å². The molecule has 0 fully saturated rings. The van der Waals surface area contributed by atoms with E-state index in [-0.39, 0.29) is 0 Å². The highest BCUT2D eigenvalue weighted by Gasteiger charge is 2.16. The number of rotatable bonds is 2. The molecule has 0 spiro atoms. The van der Waals surface area contributed by atoms with E-state index in [9.17, 15) is 4.79 Å². The Morgan fingerprint density at radius 3 is 2.64 bits per heavy atom. The number of carbonyl (C=O) groups is 1. The molecule has 0 bridgehead atoms. The molecule has 1 heterocycles. The minimum absolute atomic E-state index is 0.376. The fraction of sp³-hybridized carbons (Fsp3) is 0.100. The average molecular weight is 208 g/mol. The molecule has 0 saturated carbocycles. The monoisotopic (exact) mass is 208 g/mol. The minimum Gasteiger partial charge on any atom is -0.362 e. The SMILES string of the molecule is O=C(c1cc2ccccc2s1)C(O)O. The van der Waals surface area contributed by atoms with Crippen LogP contribution in [0.2, 0.25) is 0 Å². The molecule has 0 aliphatic carbocycles. The van der Waals surface area contributed by atoms with Crippen molar-refractivity contribution in [2.75, 3.05) is 0 Å². The van der Waals surface area contributed by atoms with Crippen LogP contribution in [-0.2, 0) is 0 Å². The zero-order valence-electron chi connectivity index (χ0n) is 7.18. The number of aliphatic hydroxyl groups excluding tert-OH is 1. The van der Waals surface area contributed by atoms with Crippen molar-refractivity contribution < 1.29 is 15.0 Å². The molecule has 72 valence electrons. The molecular formula is C10H8O3S. The van der Waals surface area contributed by atoms with Gasteiger partial charge in [-0.15, -0.1) is 11.3 Å². The maximum atomic E-state index is 11.2. The van der Waals surface area contributed by atoms with Gasteiger partial charge in [0.05, 0.1) is 4.88 Å². The Morgan fingerprint density at radius 1 is 1.29 bits per heavy atom. The second-order valence-corrected chi connectivity index (χ2v) is 3.97. The second-order valence-electron chi connectivity index (χ2n) is 2.89. The van der Waals surface area contributed by atoms with E-state index in [0.29, 0.717) is 4.88 Å². The molecule has 14 heavy (non-hydrogen) atoms. The highest BCUT2D eigenvalue weighted by molar-refractivity contribution is 7.20. The maximum Gasteiger partial charge on any atom is 0.228 e. The molecule has 0 unspecified atom stereocenters. The number of hydrogen-bond donors (Lipinski definition) is 2. The van der Waals surface area contributed by atoms with Gasteiger partial charge in [-0.25, -0.2) is 0 Å². The molecule has 0 amide bonds. The second kappa shape index (κ2) is 3.49. The van der Waals surface area contributed by atoms with Gasteiger partial charge in [-0.3, -0.25) is 4.79 Å². The molecule has 0 saturated heterocycles. The van der Waals surface area contributed by atoms with Crippen LogP contribution in [0.4, 0.5) is 0 Å². The number of ketones is 1. The Bertz CT molecular complexity index is 440. The van der Waals surface area contributed by atoms with Gasteiger partial charge < -0.3 is 10.2 Å². The van der Waals surface area contributed by atoms with Gasteiger partial charge in [-0.1, -0.05) is 18.2 Å². The first-order valence-electron chi connectivity index (χ1n) is 4.07. The van der Waals surface area contributed by atoms with Gasteiger partial charge in [0.15, 0.2) is 0 Å². The summed E-state index contributed by atoms with van der Waals surface area (Å²) in [7, 11) is 0. The lowest BCUT2D eigenvalue weighted by atomic mass is 10.2. The van der Waals surface area contributed by atoms with Crippen molar-refractivity contribution in [3.05, 3.63) is 35.2 Å². The van der Waals surface area contributed by atoms with Gasteiger partial charge in [-0.05, 0) is 17.5 Å². The van der Waals surface area contributed by atoms with Crippen LogP contribution in [0.25, 0.3) is 10.1 Å². The zero-order valence-corrected chi connectivity index (χ0v) is 7.99. The van der Waals surface area contributed by atoms with Gasteiger partial charge in [0.25, 0.3) is 0 Å². The summed E-state index contributed by atoms with van der Waals surface area (Å²) < 4.78 is 0.969.